The second-order valence-corrected chi connectivity index (χ2v) is 9.34. The lowest BCUT2D eigenvalue weighted by Gasteiger charge is -2.35. The molecule has 2 N–H and O–H groups in total. The van der Waals surface area contributed by atoms with Crippen molar-refractivity contribution in [2.24, 2.45) is 0 Å². The zero-order chi connectivity index (χ0) is 24.2. The van der Waals surface area contributed by atoms with E-state index in [2.05, 4.69) is 44.3 Å². The zero-order valence-electron chi connectivity index (χ0n) is 19.9. The molecule has 0 atom stereocenters. The molecule has 3 aromatic rings. The summed E-state index contributed by atoms with van der Waals surface area (Å²) in [6.45, 7) is 8.30. The maximum Gasteiger partial charge on any atom is 0.172 e. The molecule has 2 heterocycles. The molecule has 5 heteroatoms. The topological polar surface area (TPSA) is 74.5 Å². The van der Waals surface area contributed by atoms with Gasteiger partial charge < -0.3 is 19.9 Å². The quantitative estimate of drug-likeness (QED) is 0.452. The van der Waals surface area contributed by atoms with Crippen LogP contribution in [0.25, 0.3) is 28.5 Å². The van der Waals surface area contributed by atoms with E-state index in [4.69, 9.17) is 9.47 Å². The van der Waals surface area contributed by atoms with Crippen LogP contribution in [0, 0.1) is 18.3 Å². The van der Waals surface area contributed by atoms with E-state index in [0.29, 0.717) is 28.4 Å². The Balaban J connectivity index is 1.86. The lowest BCUT2D eigenvalue weighted by atomic mass is 9.82. The van der Waals surface area contributed by atoms with Crippen LogP contribution < -0.4 is 14.8 Å². The number of fused-ring (bicyclic) bond motifs is 5. The lowest BCUT2D eigenvalue weighted by Crippen LogP contribution is -2.32. The fourth-order valence-corrected chi connectivity index (χ4v) is 5.05. The van der Waals surface area contributed by atoms with Crippen LogP contribution in [0.5, 0.6) is 17.2 Å². The Kier molecular flexibility index (Phi) is 4.91. The van der Waals surface area contributed by atoms with Crippen LogP contribution in [0.1, 0.15) is 48.6 Å². The molecule has 0 saturated carbocycles. The van der Waals surface area contributed by atoms with Gasteiger partial charge in [0.05, 0.1) is 23.8 Å². The highest BCUT2D eigenvalue weighted by atomic mass is 16.5. The number of phenols is 1. The van der Waals surface area contributed by atoms with Crippen molar-refractivity contribution in [2.75, 3.05) is 12.4 Å². The Labute approximate surface area is 199 Å². The Hall–Kier alpha value is -4.17. The predicted octanol–water partition coefficient (Wildman–Crippen LogP) is 6.75. The summed E-state index contributed by atoms with van der Waals surface area (Å²) in [6, 6.07) is 15.5. The second-order valence-electron chi connectivity index (χ2n) is 9.34. The Morgan fingerprint density at radius 3 is 2.59 bits per heavy atom. The van der Waals surface area contributed by atoms with Crippen molar-refractivity contribution in [3.05, 3.63) is 76.4 Å². The molecule has 3 aromatic carbocycles. The Morgan fingerprint density at radius 1 is 1.06 bits per heavy atom. The SMILES string of the molecule is COc1c(O)ccc2c1-c1ccc3c(c1/C(=C/c1cccc(C)c1C#N)O2)C(C)=CC(C)(C)N3. The van der Waals surface area contributed by atoms with Crippen LogP contribution >= 0.6 is 0 Å². The summed E-state index contributed by atoms with van der Waals surface area (Å²) < 4.78 is 12.1. The van der Waals surface area contributed by atoms with Gasteiger partial charge in [-0.3, -0.25) is 0 Å². The third-order valence-electron chi connectivity index (χ3n) is 6.38. The van der Waals surface area contributed by atoms with Crippen molar-refractivity contribution in [2.45, 2.75) is 33.2 Å². The number of hydrogen-bond donors (Lipinski definition) is 2. The molecule has 0 aliphatic carbocycles. The first-order valence-electron chi connectivity index (χ1n) is 11.2. The minimum atomic E-state index is -0.191. The summed E-state index contributed by atoms with van der Waals surface area (Å²) >= 11 is 0. The Bertz CT molecular complexity index is 1460. The summed E-state index contributed by atoms with van der Waals surface area (Å²) in [5.41, 5.74) is 7.80. The lowest BCUT2D eigenvalue weighted by molar-refractivity contribution is 0.371. The standard InChI is InChI=1S/C29H26N2O3/c1-16-7-6-8-18(20(16)15-30)13-24-26-19(27-23(34-24)12-11-22(32)28(27)33-5)9-10-21-25(26)17(2)14-29(3,4)31-21/h6-14,31-32H,1-5H3/b24-13-. The number of methoxy groups -OCH3 is 1. The number of ether oxygens (including phenoxy) is 2. The van der Waals surface area contributed by atoms with E-state index in [0.717, 1.165) is 39.1 Å². The van der Waals surface area contributed by atoms with Crippen molar-refractivity contribution in [3.8, 4) is 34.4 Å². The van der Waals surface area contributed by atoms with Gasteiger partial charge in [0.2, 0.25) is 0 Å². The molecular formula is C29H26N2O3. The smallest absolute Gasteiger partial charge is 0.172 e. The van der Waals surface area contributed by atoms with Gasteiger partial charge in [0, 0.05) is 22.4 Å². The number of aryl methyl sites for hydroxylation is 1. The average Bonchev–Trinajstić information content (AvgIpc) is 2.78. The molecule has 5 nitrogen and oxygen atoms in total. The number of nitriles is 1. The molecule has 0 aromatic heterocycles. The van der Waals surface area contributed by atoms with Gasteiger partial charge in [-0.25, -0.2) is 0 Å². The minimum absolute atomic E-state index is 0.0536. The van der Waals surface area contributed by atoms with E-state index in [1.807, 2.05) is 37.3 Å². The summed E-state index contributed by atoms with van der Waals surface area (Å²) in [7, 11) is 1.54. The van der Waals surface area contributed by atoms with Crippen molar-refractivity contribution in [1.82, 2.24) is 0 Å². The third kappa shape index (κ3) is 3.31. The van der Waals surface area contributed by atoms with Crippen LogP contribution in [-0.4, -0.2) is 17.8 Å². The van der Waals surface area contributed by atoms with Crippen molar-refractivity contribution >= 4 is 23.1 Å². The highest BCUT2D eigenvalue weighted by Crippen LogP contribution is 2.54. The summed E-state index contributed by atoms with van der Waals surface area (Å²) in [5, 5.41) is 23.9. The third-order valence-corrected chi connectivity index (χ3v) is 6.38. The molecule has 0 radical (unpaired) electrons. The first-order valence-corrected chi connectivity index (χ1v) is 11.2. The van der Waals surface area contributed by atoms with E-state index >= 15 is 0 Å². The van der Waals surface area contributed by atoms with E-state index in [-0.39, 0.29) is 11.3 Å². The van der Waals surface area contributed by atoms with Gasteiger partial charge in [-0.2, -0.15) is 5.26 Å². The van der Waals surface area contributed by atoms with E-state index in [1.165, 1.54) is 0 Å². The van der Waals surface area contributed by atoms with E-state index < -0.39 is 0 Å². The molecule has 0 bridgehead atoms. The average molecular weight is 451 g/mol. The largest absolute Gasteiger partial charge is 0.504 e. The minimum Gasteiger partial charge on any atom is -0.504 e. The number of aromatic hydroxyl groups is 1. The van der Waals surface area contributed by atoms with Gasteiger partial charge in [0.1, 0.15) is 17.6 Å². The number of phenolic OH excluding ortho intramolecular Hbond substituents is 1. The fourth-order valence-electron chi connectivity index (χ4n) is 5.05. The van der Waals surface area contributed by atoms with Gasteiger partial charge in [-0.1, -0.05) is 30.3 Å². The Morgan fingerprint density at radius 2 is 1.85 bits per heavy atom. The molecule has 5 rings (SSSR count). The van der Waals surface area contributed by atoms with Gasteiger partial charge in [-0.15, -0.1) is 0 Å². The number of hydrogen-bond acceptors (Lipinski definition) is 5. The molecule has 0 amide bonds. The molecule has 34 heavy (non-hydrogen) atoms. The predicted molar refractivity (Wildman–Crippen MR) is 136 cm³/mol. The monoisotopic (exact) mass is 450 g/mol. The second kappa shape index (κ2) is 7.71. The fraction of sp³-hybridized carbons (Fsp3) is 0.207. The van der Waals surface area contributed by atoms with Gasteiger partial charge >= 0.3 is 0 Å². The number of nitrogens with one attached hydrogen (secondary N) is 1. The molecule has 0 spiro atoms. The molecule has 2 aliphatic heterocycles. The molecule has 0 saturated heterocycles. The highest BCUT2D eigenvalue weighted by Gasteiger charge is 2.33. The number of benzene rings is 3. The number of anilines is 1. The molecule has 2 aliphatic rings. The normalized spacial score (nSPS) is 16.2. The maximum absolute atomic E-state index is 10.5. The van der Waals surface area contributed by atoms with Crippen LogP contribution in [0.2, 0.25) is 0 Å². The molecule has 0 unspecified atom stereocenters. The van der Waals surface area contributed by atoms with Crippen LogP contribution in [-0.2, 0) is 0 Å². The highest BCUT2D eigenvalue weighted by molar-refractivity contribution is 6.02. The molecule has 0 fully saturated rings. The van der Waals surface area contributed by atoms with Crippen molar-refractivity contribution < 1.29 is 14.6 Å². The molecule has 170 valence electrons. The van der Waals surface area contributed by atoms with Gasteiger partial charge in [0.25, 0.3) is 0 Å². The zero-order valence-corrected chi connectivity index (χ0v) is 19.9. The van der Waals surface area contributed by atoms with Crippen LogP contribution in [0.4, 0.5) is 5.69 Å². The van der Waals surface area contributed by atoms with Crippen LogP contribution in [0.15, 0.2) is 48.5 Å². The number of rotatable bonds is 2. The number of nitrogens with zero attached hydrogens (tertiary/aromatic N) is 1. The summed E-state index contributed by atoms with van der Waals surface area (Å²) in [6.07, 6.45) is 4.13. The first-order chi connectivity index (χ1) is 16.2. The molecular weight excluding hydrogens is 424 g/mol. The van der Waals surface area contributed by atoms with Gasteiger partial charge in [0.15, 0.2) is 11.5 Å². The van der Waals surface area contributed by atoms with Crippen molar-refractivity contribution in [3.63, 3.8) is 0 Å². The van der Waals surface area contributed by atoms with Crippen molar-refractivity contribution in [1.29, 1.82) is 5.26 Å². The first kappa shape index (κ1) is 21.7. The van der Waals surface area contributed by atoms with E-state index in [9.17, 15) is 10.4 Å². The van der Waals surface area contributed by atoms with Crippen LogP contribution in [0.3, 0.4) is 0 Å². The maximum atomic E-state index is 10.5. The summed E-state index contributed by atoms with van der Waals surface area (Å²) in [4.78, 5) is 0. The summed E-state index contributed by atoms with van der Waals surface area (Å²) in [5.74, 6) is 1.66. The van der Waals surface area contributed by atoms with E-state index in [1.54, 1.807) is 19.2 Å². The number of allylic oxidation sites excluding steroid dienone is 1. The van der Waals surface area contributed by atoms with Gasteiger partial charge in [-0.05, 0) is 68.7 Å².